The molecule has 142 valence electrons. The van der Waals surface area contributed by atoms with Crippen LogP contribution in [0.2, 0.25) is 5.02 Å². The number of nitrogens with zero attached hydrogens (tertiary/aromatic N) is 3. The Morgan fingerprint density at radius 1 is 1.03 bits per heavy atom. The van der Waals surface area contributed by atoms with Crippen LogP contribution in [0.5, 0.6) is 0 Å². The number of rotatable bonds is 2. The minimum Gasteiger partial charge on any atom is -0.450 e. The molecule has 0 spiro atoms. The average molecular weight is 404 g/mol. The van der Waals surface area contributed by atoms with Crippen molar-refractivity contribution in [1.29, 1.82) is 0 Å². The summed E-state index contributed by atoms with van der Waals surface area (Å²) in [6, 6.07) is 13.1. The van der Waals surface area contributed by atoms with Crippen LogP contribution >= 0.6 is 11.6 Å². The third-order valence-corrected chi connectivity index (χ3v) is 5.42. The van der Waals surface area contributed by atoms with Crippen LogP contribution < -0.4 is 10.3 Å². The molecule has 0 saturated carbocycles. The molecule has 0 radical (unpaired) electrons. The zero-order chi connectivity index (χ0) is 20.1. The number of aryl methyl sites for hydroxylation is 1. The second kappa shape index (κ2) is 6.53. The topological polar surface area (TPSA) is 76.3 Å². The fraction of sp³-hybridized carbons (Fsp3) is 0.0909. The molecule has 6 nitrogen and oxygen atoms in total. The van der Waals surface area contributed by atoms with E-state index in [9.17, 15) is 9.59 Å². The fourth-order valence-electron chi connectivity index (χ4n) is 3.64. The SMILES string of the molecule is Cc1cc2oc3c(c(=O)c2cc1Cl)[C@H](c1ccccn1)N(c1ccccn1)C3=O. The molecule has 4 aromatic rings. The number of amides is 1. The second-order valence-corrected chi connectivity index (χ2v) is 7.20. The van der Waals surface area contributed by atoms with Crippen molar-refractivity contribution in [2.45, 2.75) is 13.0 Å². The van der Waals surface area contributed by atoms with Crippen LogP contribution in [0.15, 0.2) is 70.1 Å². The summed E-state index contributed by atoms with van der Waals surface area (Å²) < 4.78 is 5.93. The average Bonchev–Trinajstić information content (AvgIpc) is 3.04. The lowest BCUT2D eigenvalue weighted by molar-refractivity contribution is 0.0970. The van der Waals surface area contributed by atoms with Crippen molar-refractivity contribution in [2.24, 2.45) is 0 Å². The Kier molecular flexibility index (Phi) is 3.96. The van der Waals surface area contributed by atoms with E-state index in [1.807, 2.05) is 13.0 Å². The van der Waals surface area contributed by atoms with Gasteiger partial charge < -0.3 is 4.42 Å². The van der Waals surface area contributed by atoms with Crippen LogP contribution in [0.3, 0.4) is 0 Å². The summed E-state index contributed by atoms with van der Waals surface area (Å²) in [6.45, 7) is 1.81. The van der Waals surface area contributed by atoms with Gasteiger partial charge in [0.25, 0.3) is 5.91 Å². The maximum absolute atomic E-state index is 13.4. The Balaban J connectivity index is 1.84. The Hall–Kier alpha value is -3.51. The predicted molar refractivity (Wildman–Crippen MR) is 109 cm³/mol. The van der Waals surface area contributed by atoms with Crippen molar-refractivity contribution in [3.8, 4) is 0 Å². The Morgan fingerprint density at radius 2 is 1.79 bits per heavy atom. The fourth-order valence-corrected chi connectivity index (χ4v) is 3.81. The van der Waals surface area contributed by atoms with E-state index in [1.54, 1.807) is 54.9 Å². The van der Waals surface area contributed by atoms with E-state index in [-0.39, 0.29) is 16.8 Å². The number of carbonyl (C=O) groups excluding carboxylic acids is 1. The van der Waals surface area contributed by atoms with Crippen molar-refractivity contribution in [1.82, 2.24) is 9.97 Å². The number of anilines is 1. The molecule has 7 heteroatoms. The molecular formula is C22H14ClN3O3. The molecular weight excluding hydrogens is 390 g/mol. The van der Waals surface area contributed by atoms with Crippen molar-refractivity contribution in [3.05, 3.63) is 98.8 Å². The summed E-state index contributed by atoms with van der Waals surface area (Å²) in [7, 11) is 0. The number of halogens is 1. The lowest BCUT2D eigenvalue weighted by Crippen LogP contribution is -2.30. The first-order valence-electron chi connectivity index (χ1n) is 8.98. The summed E-state index contributed by atoms with van der Waals surface area (Å²) in [4.78, 5) is 36.9. The van der Waals surface area contributed by atoms with Gasteiger partial charge >= 0.3 is 0 Å². The number of fused-ring (bicyclic) bond motifs is 2. The van der Waals surface area contributed by atoms with Crippen LogP contribution in [0.4, 0.5) is 5.82 Å². The molecule has 0 aliphatic carbocycles. The van der Waals surface area contributed by atoms with Crippen LogP contribution in [-0.2, 0) is 0 Å². The highest BCUT2D eigenvalue weighted by molar-refractivity contribution is 6.32. The molecule has 0 saturated heterocycles. The molecule has 3 aromatic heterocycles. The van der Waals surface area contributed by atoms with Gasteiger partial charge in [0, 0.05) is 17.4 Å². The highest BCUT2D eigenvalue weighted by atomic mass is 35.5. The van der Waals surface area contributed by atoms with E-state index in [0.29, 0.717) is 27.5 Å². The quantitative estimate of drug-likeness (QED) is 0.499. The Labute approximate surface area is 170 Å². The van der Waals surface area contributed by atoms with Crippen molar-refractivity contribution < 1.29 is 9.21 Å². The van der Waals surface area contributed by atoms with E-state index < -0.39 is 11.9 Å². The minimum atomic E-state index is -0.741. The third kappa shape index (κ3) is 2.64. The third-order valence-electron chi connectivity index (χ3n) is 5.02. The first kappa shape index (κ1) is 17.6. The van der Waals surface area contributed by atoms with Gasteiger partial charge in [-0.25, -0.2) is 4.98 Å². The zero-order valence-electron chi connectivity index (χ0n) is 15.3. The number of benzene rings is 1. The second-order valence-electron chi connectivity index (χ2n) is 6.79. The molecule has 0 fully saturated rings. The van der Waals surface area contributed by atoms with Crippen LogP contribution in [-0.4, -0.2) is 15.9 Å². The van der Waals surface area contributed by atoms with Crippen LogP contribution in [0.1, 0.15) is 33.4 Å². The van der Waals surface area contributed by atoms with Crippen LogP contribution in [0.25, 0.3) is 11.0 Å². The highest BCUT2D eigenvalue weighted by Gasteiger charge is 2.44. The van der Waals surface area contributed by atoms with E-state index >= 15 is 0 Å². The standard InChI is InChI=1S/C22H14ClN3O3/c1-12-10-16-13(11-14(12)23)20(27)18-19(15-6-2-4-8-24-15)26(22(28)21(18)29-16)17-7-3-5-9-25-17/h2-11,19H,1H3/t19-/m0/s1. The molecule has 5 rings (SSSR count). The minimum absolute atomic E-state index is 0.00512. The largest absolute Gasteiger partial charge is 0.450 e. The van der Waals surface area contributed by atoms with Crippen LogP contribution in [0, 0.1) is 6.92 Å². The lowest BCUT2D eigenvalue weighted by atomic mass is 10.0. The van der Waals surface area contributed by atoms with Crippen molar-refractivity contribution in [3.63, 3.8) is 0 Å². The maximum Gasteiger partial charge on any atom is 0.296 e. The first-order valence-corrected chi connectivity index (χ1v) is 9.36. The summed E-state index contributed by atoms with van der Waals surface area (Å²) in [5, 5.41) is 0.793. The molecule has 1 aliphatic heterocycles. The van der Waals surface area contributed by atoms with E-state index in [4.69, 9.17) is 16.0 Å². The number of hydrogen-bond donors (Lipinski definition) is 0. The van der Waals surface area contributed by atoms with E-state index in [0.717, 1.165) is 5.56 Å². The summed E-state index contributed by atoms with van der Waals surface area (Å²) in [5.41, 5.74) is 1.58. The first-order chi connectivity index (χ1) is 14.1. The number of carbonyl (C=O) groups is 1. The van der Waals surface area contributed by atoms with Gasteiger partial charge in [0.1, 0.15) is 17.4 Å². The normalized spacial score (nSPS) is 15.7. The maximum atomic E-state index is 13.4. The molecule has 1 atom stereocenters. The molecule has 1 amide bonds. The molecule has 0 unspecified atom stereocenters. The monoisotopic (exact) mass is 403 g/mol. The molecule has 0 bridgehead atoms. The highest BCUT2D eigenvalue weighted by Crippen LogP contribution is 2.40. The molecule has 1 aliphatic rings. The number of pyridine rings is 2. The van der Waals surface area contributed by atoms with Gasteiger partial charge in [-0.3, -0.25) is 19.5 Å². The van der Waals surface area contributed by atoms with Gasteiger partial charge in [-0.15, -0.1) is 0 Å². The summed E-state index contributed by atoms with van der Waals surface area (Å²) in [5.74, 6) is -0.0105. The Bertz CT molecular complexity index is 1320. The summed E-state index contributed by atoms with van der Waals surface area (Å²) in [6.07, 6.45) is 3.22. The van der Waals surface area contributed by atoms with E-state index in [1.165, 1.54) is 4.90 Å². The van der Waals surface area contributed by atoms with Crippen molar-refractivity contribution in [2.75, 3.05) is 4.90 Å². The zero-order valence-corrected chi connectivity index (χ0v) is 16.1. The molecule has 4 heterocycles. The summed E-state index contributed by atoms with van der Waals surface area (Å²) >= 11 is 6.24. The molecule has 29 heavy (non-hydrogen) atoms. The number of aromatic nitrogens is 2. The molecule has 0 N–H and O–H groups in total. The lowest BCUT2D eigenvalue weighted by Gasteiger charge is -2.23. The molecule has 1 aromatic carbocycles. The smallest absolute Gasteiger partial charge is 0.296 e. The van der Waals surface area contributed by atoms with Crippen molar-refractivity contribution >= 4 is 34.3 Å². The van der Waals surface area contributed by atoms with Gasteiger partial charge in [0.15, 0.2) is 5.43 Å². The van der Waals surface area contributed by atoms with Gasteiger partial charge in [-0.05, 0) is 48.9 Å². The number of hydrogen-bond acceptors (Lipinski definition) is 5. The van der Waals surface area contributed by atoms with Gasteiger partial charge in [-0.1, -0.05) is 23.7 Å². The Morgan fingerprint density at radius 3 is 2.48 bits per heavy atom. The van der Waals surface area contributed by atoms with Gasteiger partial charge in [0.2, 0.25) is 5.76 Å². The van der Waals surface area contributed by atoms with Gasteiger partial charge in [0.05, 0.1) is 16.6 Å². The predicted octanol–water partition coefficient (Wildman–Crippen LogP) is 4.29. The van der Waals surface area contributed by atoms with E-state index in [2.05, 4.69) is 9.97 Å². The van der Waals surface area contributed by atoms with Gasteiger partial charge in [-0.2, -0.15) is 0 Å².